The van der Waals surface area contributed by atoms with Crippen molar-refractivity contribution in [1.82, 2.24) is 9.78 Å². The Hall–Kier alpha value is -1.84. The molecule has 4 heteroatoms. The monoisotopic (exact) mass is 244 g/mol. The van der Waals surface area contributed by atoms with Crippen molar-refractivity contribution >= 4 is 11.5 Å². The average molecular weight is 244 g/mol. The summed E-state index contributed by atoms with van der Waals surface area (Å²) in [6.45, 7) is 0.841. The van der Waals surface area contributed by atoms with E-state index in [1.807, 2.05) is 4.68 Å². The van der Waals surface area contributed by atoms with Gasteiger partial charge in [-0.25, -0.2) is 4.79 Å². The van der Waals surface area contributed by atoms with Gasteiger partial charge in [-0.2, -0.15) is 5.10 Å². The Labute approximate surface area is 106 Å². The summed E-state index contributed by atoms with van der Waals surface area (Å²) in [6.07, 6.45) is 10.9. The van der Waals surface area contributed by atoms with Crippen LogP contribution < -0.4 is 0 Å². The summed E-state index contributed by atoms with van der Waals surface area (Å²) in [7, 11) is 0. The molecule has 0 aliphatic heterocycles. The largest absolute Gasteiger partial charge is 0.476 e. The fraction of sp³-hybridized carbons (Fsp3) is 0.429. The highest BCUT2D eigenvalue weighted by Crippen LogP contribution is 2.32. The molecule has 1 aromatic heterocycles. The third kappa shape index (κ3) is 2.23. The molecule has 0 saturated heterocycles. The standard InChI is InChI=1S/C14H16N2O2/c17-14(18)12-8-13(11-4-2-1-3-5-11)16(15-12)9-10-6-7-10/h2,4-5,8,10H,1,3,6-7,9H2,(H,17,18). The molecular formula is C14H16N2O2. The van der Waals surface area contributed by atoms with E-state index in [0.29, 0.717) is 5.92 Å². The number of aromatic carboxylic acids is 1. The molecule has 1 fully saturated rings. The van der Waals surface area contributed by atoms with E-state index in [4.69, 9.17) is 5.11 Å². The minimum absolute atomic E-state index is 0.144. The zero-order chi connectivity index (χ0) is 12.5. The number of aromatic nitrogens is 2. The second kappa shape index (κ2) is 4.44. The minimum atomic E-state index is -0.953. The lowest BCUT2D eigenvalue weighted by Gasteiger charge is -2.09. The Kier molecular flexibility index (Phi) is 2.78. The Bertz CT molecular complexity index is 536. The van der Waals surface area contributed by atoms with Gasteiger partial charge in [-0.3, -0.25) is 4.68 Å². The highest BCUT2D eigenvalue weighted by Gasteiger charge is 2.25. The Morgan fingerprint density at radius 2 is 2.28 bits per heavy atom. The van der Waals surface area contributed by atoms with Gasteiger partial charge in [0.2, 0.25) is 0 Å². The van der Waals surface area contributed by atoms with Gasteiger partial charge in [0.05, 0.1) is 5.69 Å². The van der Waals surface area contributed by atoms with Crippen LogP contribution in [0.3, 0.4) is 0 Å². The second-order valence-corrected chi connectivity index (χ2v) is 4.98. The van der Waals surface area contributed by atoms with Crippen LogP contribution in [0.1, 0.15) is 41.9 Å². The van der Waals surface area contributed by atoms with E-state index in [1.165, 1.54) is 12.8 Å². The Balaban J connectivity index is 1.96. The maximum absolute atomic E-state index is 11.0. The molecule has 3 rings (SSSR count). The lowest BCUT2D eigenvalue weighted by Crippen LogP contribution is -2.07. The van der Waals surface area contributed by atoms with Gasteiger partial charge in [-0.15, -0.1) is 0 Å². The highest BCUT2D eigenvalue weighted by molar-refractivity contribution is 5.87. The van der Waals surface area contributed by atoms with E-state index in [2.05, 4.69) is 23.3 Å². The summed E-state index contributed by atoms with van der Waals surface area (Å²) in [6, 6.07) is 1.69. The first-order valence-electron chi connectivity index (χ1n) is 6.42. The molecule has 1 N–H and O–H groups in total. The number of carboxylic acid groups (broad SMARTS) is 1. The fourth-order valence-electron chi connectivity index (χ4n) is 2.24. The Morgan fingerprint density at radius 1 is 1.44 bits per heavy atom. The van der Waals surface area contributed by atoms with Crippen LogP contribution in [-0.4, -0.2) is 20.9 Å². The lowest BCUT2D eigenvalue weighted by atomic mass is 10.0. The van der Waals surface area contributed by atoms with Crippen molar-refractivity contribution in [3.63, 3.8) is 0 Å². The normalized spacial score (nSPS) is 18.8. The third-order valence-electron chi connectivity index (χ3n) is 3.42. The van der Waals surface area contributed by atoms with Gasteiger partial charge >= 0.3 is 5.97 Å². The quantitative estimate of drug-likeness (QED) is 0.886. The summed E-state index contributed by atoms with van der Waals surface area (Å²) in [5, 5.41) is 13.3. The van der Waals surface area contributed by atoms with Gasteiger partial charge < -0.3 is 5.11 Å². The smallest absolute Gasteiger partial charge is 0.356 e. The van der Waals surface area contributed by atoms with E-state index >= 15 is 0 Å². The molecule has 0 unspecified atom stereocenters. The first-order valence-corrected chi connectivity index (χ1v) is 6.42. The van der Waals surface area contributed by atoms with Crippen molar-refractivity contribution < 1.29 is 9.90 Å². The summed E-state index contributed by atoms with van der Waals surface area (Å²) >= 11 is 0. The van der Waals surface area contributed by atoms with Gasteiger partial charge in [-0.05, 0) is 43.2 Å². The molecule has 94 valence electrons. The molecule has 4 nitrogen and oxygen atoms in total. The average Bonchev–Trinajstić information content (AvgIpc) is 3.07. The highest BCUT2D eigenvalue weighted by atomic mass is 16.4. The van der Waals surface area contributed by atoms with Gasteiger partial charge in [0, 0.05) is 6.54 Å². The number of rotatable bonds is 4. The SMILES string of the molecule is O=C(O)c1cc(C2=CCCC=C2)n(CC2CC2)n1. The van der Waals surface area contributed by atoms with E-state index in [9.17, 15) is 4.79 Å². The molecule has 0 spiro atoms. The van der Waals surface area contributed by atoms with Crippen molar-refractivity contribution in [2.24, 2.45) is 5.92 Å². The molecule has 18 heavy (non-hydrogen) atoms. The van der Waals surface area contributed by atoms with Crippen LogP contribution in [-0.2, 0) is 6.54 Å². The molecule has 0 radical (unpaired) electrons. The van der Waals surface area contributed by atoms with E-state index in [-0.39, 0.29) is 5.69 Å². The predicted octanol–water partition coefficient (Wildman–Crippen LogP) is 2.72. The summed E-state index contributed by atoms with van der Waals surface area (Å²) in [5.41, 5.74) is 2.18. The third-order valence-corrected chi connectivity index (χ3v) is 3.42. The molecular weight excluding hydrogens is 228 g/mol. The van der Waals surface area contributed by atoms with Crippen LogP contribution in [0, 0.1) is 5.92 Å². The minimum Gasteiger partial charge on any atom is -0.476 e. The van der Waals surface area contributed by atoms with E-state index < -0.39 is 5.97 Å². The van der Waals surface area contributed by atoms with Gasteiger partial charge in [0.25, 0.3) is 0 Å². The fourth-order valence-corrected chi connectivity index (χ4v) is 2.24. The molecule has 1 heterocycles. The van der Waals surface area contributed by atoms with Crippen LogP contribution in [0.15, 0.2) is 24.3 Å². The predicted molar refractivity (Wildman–Crippen MR) is 68.3 cm³/mol. The van der Waals surface area contributed by atoms with Crippen LogP contribution in [0.25, 0.3) is 5.57 Å². The van der Waals surface area contributed by atoms with E-state index in [1.54, 1.807) is 6.07 Å². The number of allylic oxidation sites excluding steroid dienone is 4. The zero-order valence-electron chi connectivity index (χ0n) is 10.2. The van der Waals surface area contributed by atoms with Crippen LogP contribution in [0.4, 0.5) is 0 Å². The molecule has 0 aromatic carbocycles. The van der Waals surface area contributed by atoms with Gasteiger partial charge in [0.15, 0.2) is 5.69 Å². The first-order chi connectivity index (χ1) is 8.74. The molecule has 2 aliphatic carbocycles. The molecule has 1 saturated carbocycles. The van der Waals surface area contributed by atoms with Crippen LogP contribution in [0.5, 0.6) is 0 Å². The molecule has 0 amide bonds. The summed E-state index contributed by atoms with van der Waals surface area (Å²) in [5.74, 6) is -0.273. The molecule has 1 aromatic rings. The van der Waals surface area contributed by atoms with Gasteiger partial charge in [-0.1, -0.05) is 18.2 Å². The van der Waals surface area contributed by atoms with Crippen LogP contribution in [0.2, 0.25) is 0 Å². The first kappa shape index (κ1) is 11.3. The van der Waals surface area contributed by atoms with Crippen molar-refractivity contribution in [2.45, 2.75) is 32.2 Å². The number of carboxylic acids is 1. The maximum atomic E-state index is 11.0. The number of hydrogen-bond donors (Lipinski definition) is 1. The number of carbonyl (C=O) groups is 1. The molecule has 0 atom stereocenters. The van der Waals surface area contributed by atoms with Crippen molar-refractivity contribution in [3.8, 4) is 0 Å². The number of nitrogens with zero attached hydrogens (tertiary/aromatic N) is 2. The maximum Gasteiger partial charge on any atom is 0.356 e. The summed E-state index contributed by atoms with van der Waals surface area (Å²) in [4.78, 5) is 11.0. The van der Waals surface area contributed by atoms with Crippen molar-refractivity contribution in [2.75, 3.05) is 0 Å². The number of hydrogen-bond acceptors (Lipinski definition) is 2. The van der Waals surface area contributed by atoms with Crippen LogP contribution >= 0.6 is 0 Å². The Morgan fingerprint density at radius 3 is 2.89 bits per heavy atom. The van der Waals surface area contributed by atoms with Gasteiger partial charge in [0.1, 0.15) is 0 Å². The lowest BCUT2D eigenvalue weighted by molar-refractivity contribution is 0.0689. The molecule has 2 aliphatic rings. The molecule has 0 bridgehead atoms. The zero-order valence-corrected chi connectivity index (χ0v) is 10.2. The second-order valence-electron chi connectivity index (χ2n) is 4.98. The van der Waals surface area contributed by atoms with Crippen molar-refractivity contribution in [3.05, 3.63) is 35.7 Å². The topological polar surface area (TPSA) is 55.1 Å². The van der Waals surface area contributed by atoms with Crippen molar-refractivity contribution in [1.29, 1.82) is 0 Å². The van der Waals surface area contributed by atoms with E-state index in [0.717, 1.165) is 30.7 Å². The summed E-state index contributed by atoms with van der Waals surface area (Å²) < 4.78 is 1.86.